The number of nitrogens with two attached hydrogens (primary N) is 1. The molecule has 2 aliphatic carbocycles. The van der Waals surface area contributed by atoms with Gasteiger partial charge in [-0.2, -0.15) is 0 Å². The van der Waals surface area contributed by atoms with Crippen molar-refractivity contribution in [2.45, 2.75) is 44.6 Å². The zero-order chi connectivity index (χ0) is 13.2. The molecular weight excluding hydrogens is 260 g/mol. The number of nitrogens with zero attached hydrogens (tertiary/aromatic N) is 1. The van der Waals surface area contributed by atoms with E-state index in [2.05, 4.69) is 15.6 Å². The minimum absolute atomic E-state index is 0.0850. The first-order valence-electron chi connectivity index (χ1n) is 7.03. The summed E-state index contributed by atoms with van der Waals surface area (Å²) in [6.45, 7) is 0.742. The third kappa shape index (κ3) is 3.18. The minimum atomic E-state index is -0.0850. The van der Waals surface area contributed by atoms with Crippen molar-refractivity contribution in [3.8, 4) is 0 Å². The monoisotopic (exact) mass is 280 g/mol. The summed E-state index contributed by atoms with van der Waals surface area (Å²) in [7, 11) is 0. The number of nitrogens with one attached hydrogen (secondary N) is 2. The molecule has 2 aliphatic rings. The molecule has 0 spiro atoms. The molecular formula is C13H20N4OS. The maximum Gasteiger partial charge on any atom is 0.265 e. The maximum absolute atomic E-state index is 12.0. The Morgan fingerprint density at radius 3 is 2.79 bits per heavy atom. The molecule has 0 bridgehead atoms. The van der Waals surface area contributed by atoms with Crippen molar-refractivity contribution < 1.29 is 4.79 Å². The summed E-state index contributed by atoms with van der Waals surface area (Å²) in [6, 6.07) is 0.528. The van der Waals surface area contributed by atoms with E-state index in [4.69, 9.17) is 5.73 Å². The molecule has 1 heterocycles. The van der Waals surface area contributed by atoms with Gasteiger partial charge in [-0.05, 0) is 25.2 Å². The molecule has 0 saturated heterocycles. The topological polar surface area (TPSA) is 80.0 Å². The molecule has 0 unspecified atom stereocenters. The van der Waals surface area contributed by atoms with E-state index in [0.29, 0.717) is 16.7 Å². The number of nitrogen functional groups attached to an aromatic ring is 1. The first-order valence-corrected chi connectivity index (χ1v) is 7.85. The van der Waals surface area contributed by atoms with Crippen LogP contribution in [0.15, 0.2) is 0 Å². The molecule has 6 heteroatoms. The zero-order valence-corrected chi connectivity index (χ0v) is 11.8. The molecule has 5 nitrogen and oxygen atoms in total. The average molecular weight is 280 g/mol. The van der Waals surface area contributed by atoms with Gasteiger partial charge in [0.05, 0.1) is 0 Å². The summed E-state index contributed by atoms with van der Waals surface area (Å²) in [5.41, 5.74) is 5.81. The molecule has 0 aromatic carbocycles. The number of anilines is 2. The lowest BCUT2D eigenvalue weighted by atomic mass is 9.83. The first-order chi connectivity index (χ1) is 9.22. The molecule has 1 aromatic rings. The van der Waals surface area contributed by atoms with Gasteiger partial charge in [0.2, 0.25) is 0 Å². The average Bonchev–Trinajstić information content (AvgIpc) is 3.04. The van der Waals surface area contributed by atoms with Crippen molar-refractivity contribution >= 4 is 28.2 Å². The lowest BCUT2D eigenvalue weighted by Crippen LogP contribution is -2.27. The van der Waals surface area contributed by atoms with E-state index in [1.807, 2.05) is 0 Å². The lowest BCUT2D eigenvalue weighted by Gasteiger charge is -2.25. The van der Waals surface area contributed by atoms with E-state index in [1.54, 1.807) is 0 Å². The zero-order valence-electron chi connectivity index (χ0n) is 10.9. The van der Waals surface area contributed by atoms with Crippen LogP contribution in [0.3, 0.4) is 0 Å². The van der Waals surface area contributed by atoms with Crippen LogP contribution in [0.4, 0.5) is 10.9 Å². The summed E-state index contributed by atoms with van der Waals surface area (Å²) in [5, 5.41) is 6.98. The number of carbonyl (C=O) groups excluding carboxylic acids is 1. The number of aromatic nitrogens is 1. The van der Waals surface area contributed by atoms with Gasteiger partial charge in [0.1, 0.15) is 10.7 Å². The molecule has 0 aliphatic heterocycles. The highest BCUT2D eigenvalue weighted by Gasteiger charge is 2.24. The number of thiazole rings is 1. The number of amides is 1. The van der Waals surface area contributed by atoms with Gasteiger partial charge in [-0.1, -0.05) is 30.6 Å². The molecule has 3 rings (SSSR count). The second kappa shape index (κ2) is 5.36. The third-order valence-electron chi connectivity index (χ3n) is 3.83. The predicted octanol–water partition coefficient (Wildman–Crippen LogP) is 2.22. The number of rotatable bonds is 6. The van der Waals surface area contributed by atoms with Gasteiger partial charge in [-0.3, -0.25) is 4.79 Å². The summed E-state index contributed by atoms with van der Waals surface area (Å²) in [4.78, 5) is 16.8. The fraction of sp³-hybridized carbons (Fsp3) is 0.692. The van der Waals surface area contributed by atoms with E-state index in [9.17, 15) is 4.79 Å². The summed E-state index contributed by atoms with van der Waals surface area (Å²) >= 11 is 1.36. The highest BCUT2D eigenvalue weighted by atomic mass is 32.1. The Hall–Kier alpha value is -1.30. The van der Waals surface area contributed by atoms with Crippen molar-refractivity contribution in [2.24, 2.45) is 5.92 Å². The van der Waals surface area contributed by atoms with Crippen molar-refractivity contribution in [3.63, 3.8) is 0 Å². The molecule has 0 radical (unpaired) electrons. The predicted molar refractivity (Wildman–Crippen MR) is 77.5 cm³/mol. The largest absolute Gasteiger partial charge is 0.382 e. The molecule has 4 N–H and O–H groups in total. The van der Waals surface area contributed by atoms with E-state index in [-0.39, 0.29) is 5.91 Å². The Morgan fingerprint density at radius 2 is 2.16 bits per heavy atom. The van der Waals surface area contributed by atoms with Crippen LogP contribution in [0.5, 0.6) is 0 Å². The second-order valence-corrected chi connectivity index (χ2v) is 6.49. The molecule has 1 aromatic heterocycles. The van der Waals surface area contributed by atoms with Crippen LogP contribution < -0.4 is 16.4 Å². The van der Waals surface area contributed by atoms with Gasteiger partial charge in [0.25, 0.3) is 5.91 Å². The van der Waals surface area contributed by atoms with Crippen molar-refractivity contribution in [2.75, 3.05) is 17.6 Å². The summed E-state index contributed by atoms with van der Waals surface area (Å²) in [6.07, 6.45) is 7.42. The van der Waals surface area contributed by atoms with Crippen LogP contribution in [-0.4, -0.2) is 23.5 Å². The van der Waals surface area contributed by atoms with Crippen LogP contribution in [0.2, 0.25) is 0 Å². The van der Waals surface area contributed by atoms with E-state index in [0.717, 1.165) is 24.0 Å². The summed E-state index contributed by atoms with van der Waals surface area (Å²) in [5.74, 6) is 1.07. The van der Waals surface area contributed by atoms with Gasteiger partial charge in [0, 0.05) is 12.6 Å². The number of hydrogen-bond donors (Lipinski definition) is 3. The highest BCUT2D eigenvalue weighted by Crippen LogP contribution is 2.31. The van der Waals surface area contributed by atoms with Crippen molar-refractivity contribution in [1.29, 1.82) is 0 Å². The van der Waals surface area contributed by atoms with Crippen LogP contribution in [0.1, 0.15) is 48.2 Å². The van der Waals surface area contributed by atoms with Crippen molar-refractivity contribution in [3.05, 3.63) is 4.88 Å². The van der Waals surface area contributed by atoms with Gasteiger partial charge >= 0.3 is 0 Å². The third-order valence-corrected chi connectivity index (χ3v) is 4.83. The molecule has 104 valence electrons. The Labute approximate surface area is 117 Å². The Bertz CT molecular complexity index is 465. The number of hydrogen-bond acceptors (Lipinski definition) is 5. The Kier molecular flexibility index (Phi) is 3.59. The van der Waals surface area contributed by atoms with Crippen LogP contribution in [0, 0.1) is 5.92 Å². The minimum Gasteiger partial charge on any atom is -0.382 e. The Balaban J connectivity index is 1.50. The quantitative estimate of drug-likeness (QED) is 0.746. The fourth-order valence-electron chi connectivity index (χ4n) is 2.21. The van der Waals surface area contributed by atoms with Gasteiger partial charge < -0.3 is 16.4 Å². The molecule has 19 heavy (non-hydrogen) atoms. The standard InChI is InChI=1S/C13H20N4OS/c14-11-10(19-13(17-11)16-9-4-5-9)12(18)15-7-6-8-2-1-3-8/h8-9H,1-7,14H2,(H,15,18)(H,16,17). The smallest absolute Gasteiger partial charge is 0.265 e. The molecule has 2 fully saturated rings. The summed E-state index contributed by atoms with van der Waals surface area (Å²) < 4.78 is 0. The second-order valence-electron chi connectivity index (χ2n) is 5.49. The van der Waals surface area contributed by atoms with Crippen LogP contribution in [0.25, 0.3) is 0 Å². The highest BCUT2D eigenvalue weighted by molar-refractivity contribution is 7.18. The van der Waals surface area contributed by atoms with Gasteiger partial charge in [-0.15, -0.1) is 0 Å². The normalized spacial score (nSPS) is 18.9. The van der Waals surface area contributed by atoms with Crippen LogP contribution >= 0.6 is 11.3 Å². The van der Waals surface area contributed by atoms with Crippen LogP contribution in [-0.2, 0) is 0 Å². The lowest BCUT2D eigenvalue weighted by molar-refractivity contribution is 0.0953. The fourth-order valence-corrected chi connectivity index (χ4v) is 3.09. The van der Waals surface area contributed by atoms with Gasteiger partial charge in [-0.25, -0.2) is 4.98 Å². The first kappa shape index (κ1) is 12.7. The Morgan fingerprint density at radius 1 is 1.37 bits per heavy atom. The van der Waals surface area contributed by atoms with Gasteiger partial charge in [0.15, 0.2) is 5.13 Å². The van der Waals surface area contributed by atoms with E-state index in [1.165, 1.54) is 43.4 Å². The molecule has 2 saturated carbocycles. The van der Waals surface area contributed by atoms with E-state index >= 15 is 0 Å². The SMILES string of the molecule is Nc1nc(NC2CC2)sc1C(=O)NCCC1CCC1. The maximum atomic E-state index is 12.0. The van der Waals surface area contributed by atoms with Crippen molar-refractivity contribution in [1.82, 2.24) is 10.3 Å². The molecule has 1 amide bonds. The van der Waals surface area contributed by atoms with E-state index < -0.39 is 0 Å². The number of carbonyl (C=O) groups is 1. The molecule has 0 atom stereocenters.